The number of halogens is 2. The van der Waals surface area contributed by atoms with Gasteiger partial charge in [0.2, 0.25) is 0 Å². The monoisotopic (exact) mass is 340 g/mol. The molecule has 0 spiro atoms. The highest BCUT2D eigenvalue weighted by Crippen LogP contribution is 2.19. The van der Waals surface area contributed by atoms with Crippen LogP contribution in [0.4, 0.5) is 25.0 Å². The largest absolute Gasteiger partial charge is 0.375 e. The van der Waals surface area contributed by atoms with Gasteiger partial charge in [-0.25, -0.2) is 13.6 Å². The Morgan fingerprint density at radius 2 is 2.08 bits per heavy atom. The van der Waals surface area contributed by atoms with E-state index in [-0.39, 0.29) is 12.6 Å². The van der Waals surface area contributed by atoms with Crippen LogP contribution in [0, 0.1) is 0 Å². The number of hydrogen-bond donors (Lipinski definition) is 1. The molecule has 0 aromatic heterocycles. The van der Waals surface area contributed by atoms with Gasteiger partial charge >= 0.3 is 6.03 Å². The highest BCUT2D eigenvalue weighted by molar-refractivity contribution is 5.90. The van der Waals surface area contributed by atoms with Crippen molar-refractivity contribution in [2.75, 3.05) is 56.5 Å². The molecule has 0 unspecified atom stereocenters. The number of alkyl halides is 2. The molecule has 24 heavy (non-hydrogen) atoms. The molecule has 1 saturated heterocycles. The molecule has 134 valence electrons. The van der Waals surface area contributed by atoms with Gasteiger partial charge in [-0.15, -0.1) is 0 Å². The average Bonchev–Trinajstić information content (AvgIpc) is 2.79. The van der Waals surface area contributed by atoms with E-state index in [9.17, 15) is 13.6 Å². The molecule has 1 aliphatic heterocycles. The van der Waals surface area contributed by atoms with Crippen LogP contribution in [0.1, 0.15) is 13.3 Å². The number of carbonyl (C=O) groups excluding carboxylic acids is 1. The average molecular weight is 340 g/mol. The van der Waals surface area contributed by atoms with Crippen LogP contribution >= 0.6 is 0 Å². The summed E-state index contributed by atoms with van der Waals surface area (Å²) in [5, 5.41) is 2.91. The van der Waals surface area contributed by atoms with Crippen molar-refractivity contribution in [1.29, 1.82) is 0 Å². The standard InChI is InChI=1S/C17H26F2N4O/c1-3-21(2)15-7-4-6-14(12-15)20-17(24)23-9-5-8-22(10-11-23)13-16(18)19/h4,6-7,12,16H,3,5,8-11,13H2,1-2H3,(H,20,24). The quantitative estimate of drug-likeness (QED) is 0.896. The topological polar surface area (TPSA) is 38.8 Å². The van der Waals surface area contributed by atoms with Crippen LogP contribution in [0.5, 0.6) is 0 Å². The fourth-order valence-corrected chi connectivity index (χ4v) is 2.76. The Labute approximate surface area is 142 Å². The summed E-state index contributed by atoms with van der Waals surface area (Å²) in [5.74, 6) is 0. The van der Waals surface area contributed by atoms with Crippen molar-refractivity contribution >= 4 is 17.4 Å². The third kappa shape index (κ3) is 5.33. The summed E-state index contributed by atoms with van der Waals surface area (Å²) in [7, 11) is 1.99. The summed E-state index contributed by atoms with van der Waals surface area (Å²) in [6.07, 6.45) is -1.62. The minimum absolute atomic E-state index is 0.176. The van der Waals surface area contributed by atoms with Crippen LogP contribution in [-0.4, -0.2) is 68.6 Å². The number of benzene rings is 1. The van der Waals surface area contributed by atoms with Gasteiger partial charge in [0, 0.05) is 51.1 Å². The first-order valence-corrected chi connectivity index (χ1v) is 8.37. The zero-order valence-corrected chi connectivity index (χ0v) is 14.3. The van der Waals surface area contributed by atoms with Gasteiger partial charge in [0.15, 0.2) is 0 Å². The lowest BCUT2D eigenvalue weighted by molar-refractivity contribution is 0.0905. The van der Waals surface area contributed by atoms with Gasteiger partial charge < -0.3 is 15.1 Å². The van der Waals surface area contributed by atoms with E-state index in [2.05, 4.69) is 17.1 Å². The van der Waals surface area contributed by atoms with Gasteiger partial charge in [0.25, 0.3) is 6.43 Å². The van der Waals surface area contributed by atoms with Crippen molar-refractivity contribution in [1.82, 2.24) is 9.80 Å². The van der Waals surface area contributed by atoms with Crippen molar-refractivity contribution in [2.45, 2.75) is 19.8 Å². The predicted octanol–water partition coefficient (Wildman–Crippen LogP) is 2.95. The maximum atomic E-state index is 12.5. The van der Waals surface area contributed by atoms with E-state index in [0.29, 0.717) is 32.6 Å². The van der Waals surface area contributed by atoms with Crippen molar-refractivity contribution in [3.8, 4) is 0 Å². The summed E-state index contributed by atoms with van der Waals surface area (Å²) in [6.45, 7) is 4.85. The molecule has 2 amide bonds. The molecule has 1 aromatic rings. The number of nitrogens with one attached hydrogen (secondary N) is 1. The molecule has 1 N–H and O–H groups in total. The van der Waals surface area contributed by atoms with Gasteiger partial charge in [-0.2, -0.15) is 0 Å². The van der Waals surface area contributed by atoms with Crippen LogP contribution in [0.2, 0.25) is 0 Å². The van der Waals surface area contributed by atoms with Crippen LogP contribution < -0.4 is 10.2 Å². The molecule has 1 fully saturated rings. The fourth-order valence-electron chi connectivity index (χ4n) is 2.76. The summed E-state index contributed by atoms with van der Waals surface area (Å²) in [4.78, 5) is 17.9. The number of nitrogens with zero attached hydrogens (tertiary/aromatic N) is 3. The van der Waals surface area contributed by atoms with E-state index in [1.54, 1.807) is 9.80 Å². The highest BCUT2D eigenvalue weighted by Gasteiger charge is 2.21. The van der Waals surface area contributed by atoms with Gasteiger partial charge in [-0.3, -0.25) is 4.90 Å². The smallest absolute Gasteiger partial charge is 0.321 e. The van der Waals surface area contributed by atoms with E-state index in [0.717, 1.165) is 17.9 Å². The number of rotatable bonds is 5. The van der Waals surface area contributed by atoms with Gasteiger partial charge in [0.1, 0.15) is 0 Å². The lowest BCUT2D eigenvalue weighted by Gasteiger charge is -2.23. The Morgan fingerprint density at radius 3 is 2.79 bits per heavy atom. The van der Waals surface area contributed by atoms with E-state index in [1.165, 1.54) is 0 Å². The van der Waals surface area contributed by atoms with Gasteiger partial charge in [-0.1, -0.05) is 6.07 Å². The van der Waals surface area contributed by atoms with Crippen LogP contribution in [0.3, 0.4) is 0 Å². The third-order valence-corrected chi connectivity index (χ3v) is 4.28. The Kier molecular flexibility index (Phi) is 6.78. The van der Waals surface area contributed by atoms with Crippen molar-refractivity contribution in [2.24, 2.45) is 0 Å². The molecular formula is C17H26F2N4O. The first kappa shape index (κ1) is 18.4. The number of hydrogen-bond acceptors (Lipinski definition) is 3. The molecule has 7 heteroatoms. The van der Waals surface area contributed by atoms with Gasteiger partial charge in [0.05, 0.1) is 6.54 Å². The van der Waals surface area contributed by atoms with Crippen LogP contribution in [0.15, 0.2) is 24.3 Å². The van der Waals surface area contributed by atoms with Crippen molar-refractivity contribution in [3.05, 3.63) is 24.3 Å². The molecule has 0 bridgehead atoms. The first-order chi connectivity index (χ1) is 11.5. The number of amides is 2. The number of urea groups is 1. The van der Waals surface area contributed by atoms with E-state index >= 15 is 0 Å². The highest BCUT2D eigenvalue weighted by atomic mass is 19.3. The number of carbonyl (C=O) groups is 1. The summed E-state index contributed by atoms with van der Waals surface area (Å²) < 4.78 is 25.0. The van der Waals surface area contributed by atoms with Crippen molar-refractivity contribution in [3.63, 3.8) is 0 Å². The first-order valence-electron chi connectivity index (χ1n) is 8.37. The third-order valence-electron chi connectivity index (χ3n) is 4.28. The maximum Gasteiger partial charge on any atom is 0.321 e. The molecular weight excluding hydrogens is 314 g/mol. The SMILES string of the molecule is CCN(C)c1cccc(NC(=O)N2CCCN(CC(F)F)CC2)c1. The zero-order chi connectivity index (χ0) is 17.5. The summed E-state index contributed by atoms with van der Waals surface area (Å²) in [5.41, 5.74) is 1.78. The Morgan fingerprint density at radius 1 is 1.29 bits per heavy atom. The second-order valence-electron chi connectivity index (χ2n) is 6.03. The Hall–Kier alpha value is -1.89. The van der Waals surface area contributed by atoms with E-state index in [1.807, 2.05) is 31.3 Å². The fraction of sp³-hybridized carbons (Fsp3) is 0.588. The molecule has 0 radical (unpaired) electrons. The lowest BCUT2D eigenvalue weighted by Crippen LogP contribution is -2.38. The molecule has 0 aliphatic carbocycles. The summed E-state index contributed by atoms with van der Waals surface area (Å²) >= 11 is 0. The normalized spacial score (nSPS) is 16.1. The Balaban J connectivity index is 1.92. The number of anilines is 2. The molecule has 0 saturated carbocycles. The minimum Gasteiger partial charge on any atom is -0.375 e. The molecule has 1 aromatic carbocycles. The van der Waals surface area contributed by atoms with Gasteiger partial charge in [-0.05, 0) is 31.5 Å². The molecule has 1 heterocycles. The molecule has 5 nitrogen and oxygen atoms in total. The molecule has 2 rings (SSSR count). The summed E-state index contributed by atoms with van der Waals surface area (Å²) in [6, 6.07) is 7.51. The molecule has 0 atom stereocenters. The zero-order valence-electron chi connectivity index (χ0n) is 14.3. The lowest BCUT2D eigenvalue weighted by atomic mass is 10.2. The predicted molar refractivity (Wildman–Crippen MR) is 93.0 cm³/mol. The Bertz CT molecular complexity index is 541. The van der Waals surface area contributed by atoms with E-state index in [4.69, 9.17) is 0 Å². The van der Waals surface area contributed by atoms with Crippen molar-refractivity contribution < 1.29 is 13.6 Å². The second-order valence-corrected chi connectivity index (χ2v) is 6.03. The van der Waals surface area contributed by atoms with Crippen LogP contribution in [0.25, 0.3) is 0 Å². The second kappa shape index (κ2) is 8.82. The molecule has 1 aliphatic rings. The minimum atomic E-state index is -2.33. The van der Waals surface area contributed by atoms with E-state index < -0.39 is 6.43 Å². The van der Waals surface area contributed by atoms with Crippen LogP contribution in [-0.2, 0) is 0 Å². The maximum absolute atomic E-state index is 12.5.